The molecule has 1 aliphatic heterocycles. The van der Waals surface area contributed by atoms with Crippen molar-refractivity contribution in [2.24, 2.45) is 0 Å². The molecule has 1 heterocycles. The third kappa shape index (κ3) is 3.74. The molecule has 0 radical (unpaired) electrons. The molecule has 14 heavy (non-hydrogen) atoms. The molecule has 1 rings (SSSR count). The van der Waals surface area contributed by atoms with Gasteiger partial charge in [-0.05, 0) is 6.42 Å². The van der Waals surface area contributed by atoms with E-state index in [9.17, 15) is 0 Å². The topological polar surface area (TPSA) is 54.1 Å². The van der Waals surface area contributed by atoms with Crippen molar-refractivity contribution in [2.45, 2.75) is 19.3 Å². The van der Waals surface area contributed by atoms with Gasteiger partial charge in [-0.3, -0.25) is 9.80 Å². The predicted octanol–water partition coefficient (Wildman–Crippen LogP) is 0.779. The van der Waals surface area contributed by atoms with Crippen molar-refractivity contribution in [3.8, 4) is 12.1 Å². The second-order valence-electron chi connectivity index (χ2n) is 3.55. The largest absolute Gasteiger partial charge is 0.289 e. The Balaban J connectivity index is 2.22. The summed E-state index contributed by atoms with van der Waals surface area (Å²) in [6.45, 7) is 4.82. The summed E-state index contributed by atoms with van der Waals surface area (Å²) in [7, 11) is 0. The zero-order chi connectivity index (χ0) is 10.2. The molecule has 1 aliphatic rings. The Morgan fingerprint density at radius 1 is 0.929 bits per heavy atom. The fraction of sp³-hybridized carbons (Fsp3) is 0.800. The van der Waals surface area contributed by atoms with Crippen LogP contribution in [0.2, 0.25) is 0 Å². The molecule has 4 nitrogen and oxygen atoms in total. The summed E-state index contributed by atoms with van der Waals surface area (Å²) in [5.74, 6) is 0. The number of rotatable bonds is 4. The van der Waals surface area contributed by atoms with Crippen molar-refractivity contribution in [3.05, 3.63) is 0 Å². The van der Waals surface area contributed by atoms with Gasteiger partial charge in [-0.2, -0.15) is 10.5 Å². The van der Waals surface area contributed by atoms with Gasteiger partial charge in [-0.1, -0.05) is 0 Å². The summed E-state index contributed by atoms with van der Waals surface area (Å²) in [6.07, 6.45) is 2.36. The van der Waals surface area contributed by atoms with Crippen molar-refractivity contribution in [2.75, 3.05) is 32.8 Å². The van der Waals surface area contributed by atoms with Crippen LogP contribution in [-0.4, -0.2) is 42.6 Å². The first-order chi connectivity index (χ1) is 6.86. The van der Waals surface area contributed by atoms with Gasteiger partial charge in [0.05, 0.1) is 18.8 Å². The van der Waals surface area contributed by atoms with Gasteiger partial charge in [-0.15, -0.1) is 0 Å². The molecule has 1 saturated heterocycles. The Labute approximate surface area is 85.3 Å². The van der Waals surface area contributed by atoms with E-state index in [4.69, 9.17) is 10.5 Å². The maximum Gasteiger partial charge on any atom is 0.0635 e. The monoisotopic (exact) mass is 192 g/mol. The highest BCUT2D eigenvalue weighted by atomic mass is 15.3. The highest BCUT2D eigenvalue weighted by Gasteiger charge is 2.15. The molecule has 0 N–H and O–H groups in total. The predicted molar refractivity (Wildman–Crippen MR) is 53.1 cm³/mol. The van der Waals surface area contributed by atoms with E-state index < -0.39 is 0 Å². The van der Waals surface area contributed by atoms with Gasteiger partial charge < -0.3 is 0 Å². The second-order valence-corrected chi connectivity index (χ2v) is 3.55. The Kier molecular flexibility index (Phi) is 4.99. The molecule has 0 spiro atoms. The lowest BCUT2D eigenvalue weighted by molar-refractivity contribution is 0.0897. The lowest BCUT2D eigenvalue weighted by Gasteiger charge is -2.34. The molecule has 0 aromatic rings. The number of nitrogens with zero attached hydrogens (tertiary/aromatic N) is 4. The third-order valence-corrected chi connectivity index (χ3v) is 2.43. The van der Waals surface area contributed by atoms with Gasteiger partial charge in [0.1, 0.15) is 0 Å². The first-order valence-corrected chi connectivity index (χ1v) is 5.05. The van der Waals surface area contributed by atoms with Crippen LogP contribution in [0.4, 0.5) is 0 Å². The van der Waals surface area contributed by atoms with E-state index in [1.807, 2.05) is 0 Å². The SMILES string of the molecule is N#CCCN1CCCN(CCC#N)C1. The van der Waals surface area contributed by atoms with Crippen LogP contribution in [0.3, 0.4) is 0 Å². The minimum absolute atomic E-state index is 0.603. The van der Waals surface area contributed by atoms with Crippen LogP contribution >= 0.6 is 0 Å². The standard InChI is InChI=1S/C10H16N4/c11-4-1-6-13-8-3-9-14(10-13)7-2-5-12/h1-3,6-10H2. The van der Waals surface area contributed by atoms with Gasteiger partial charge in [0.2, 0.25) is 0 Å². The number of hydrogen-bond acceptors (Lipinski definition) is 4. The summed E-state index contributed by atoms with van der Waals surface area (Å²) in [4.78, 5) is 4.56. The van der Waals surface area contributed by atoms with E-state index >= 15 is 0 Å². The normalized spacial score (nSPS) is 18.7. The molecule has 0 saturated carbocycles. The fourth-order valence-electron chi connectivity index (χ4n) is 1.72. The lowest BCUT2D eigenvalue weighted by Crippen LogP contribution is -2.45. The summed E-state index contributed by atoms with van der Waals surface area (Å²) >= 11 is 0. The average molecular weight is 192 g/mol. The number of nitriles is 2. The van der Waals surface area contributed by atoms with E-state index in [2.05, 4.69) is 21.9 Å². The van der Waals surface area contributed by atoms with Crippen LogP contribution in [0, 0.1) is 22.7 Å². The van der Waals surface area contributed by atoms with Gasteiger partial charge in [0.25, 0.3) is 0 Å². The fourth-order valence-corrected chi connectivity index (χ4v) is 1.72. The van der Waals surface area contributed by atoms with Crippen molar-refractivity contribution in [1.82, 2.24) is 9.80 Å². The smallest absolute Gasteiger partial charge is 0.0635 e. The minimum atomic E-state index is 0.603. The summed E-state index contributed by atoms with van der Waals surface area (Å²) in [5.41, 5.74) is 0. The molecular formula is C10H16N4. The Hall–Kier alpha value is -1.10. The van der Waals surface area contributed by atoms with E-state index in [1.165, 1.54) is 0 Å². The highest BCUT2D eigenvalue weighted by Crippen LogP contribution is 2.06. The van der Waals surface area contributed by atoms with Gasteiger partial charge in [-0.25, -0.2) is 0 Å². The van der Waals surface area contributed by atoms with Crippen molar-refractivity contribution in [3.63, 3.8) is 0 Å². The van der Waals surface area contributed by atoms with E-state index in [0.717, 1.165) is 39.3 Å². The molecule has 76 valence electrons. The van der Waals surface area contributed by atoms with Crippen LogP contribution in [0.25, 0.3) is 0 Å². The van der Waals surface area contributed by atoms with E-state index in [-0.39, 0.29) is 0 Å². The molecule has 4 heteroatoms. The quantitative estimate of drug-likeness (QED) is 0.660. The molecule has 0 aromatic heterocycles. The summed E-state index contributed by atoms with van der Waals surface area (Å²) < 4.78 is 0. The maximum absolute atomic E-state index is 8.47. The van der Waals surface area contributed by atoms with Gasteiger partial charge >= 0.3 is 0 Å². The zero-order valence-corrected chi connectivity index (χ0v) is 8.45. The summed E-state index contributed by atoms with van der Waals surface area (Å²) in [6, 6.07) is 4.32. The molecule has 0 aromatic carbocycles. The number of hydrogen-bond donors (Lipinski definition) is 0. The van der Waals surface area contributed by atoms with Crippen molar-refractivity contribution < 1.29 is 0 Å². The van der Waals surface area contributed by atoms with Crippen LogP contribution in [0.1, 0.15) is 19.3 Å². The maximum atomic E-state index is 8.47. The molecule has 0 bridgehead atoms. The van der Waals surface area contributed by atoms with Crippen LogP contribution in [0.5, 0.6) is 0 Å². The van der Waals surface area contributed by atoms with Gasteiger partial charge in [0.15, 0.2) is 0 Å². The van der Waals surface area contributed by atoms with E-state index in [1.54, 1.807) is 0 Å². The highest BCUT2D eigenvalue weighted by molar-refractivity contribution is 4.77. The Morgan fingerprint density at radius 3 is 1.86 bits per heavy atom. The molecule has 0 atom stereocenters. The summed E-state index contributed by atoms with van der Waals surface area (Å²) in [5, 5.41) is 16.9. The average Bonchev–Trinajstić information content (AvgIpc) is 2.24. The first-order valence-electron chi connectivity index (χ1n) is 5.05. The van der Waals surface area contributed by atoms with Crippen LogP contribution in [-0.2, 0) is 0 Å². The van der Waals surface area contributed by atoms with Crippen molar-refractivity contribution in [1.29, 1.82) is 10.5 Å². The zero-order valence-electron chi connectivity index (χ0n) is 8.45. The molecule has 0 unspecified atom stereocenters. The van der Waals surface area contributed by atoms with E-state index in [0.29, 0.717) is 12.8 Å². The third-order valence-electron chi connectivity index (χ3n) is 2.43. The molecule has 0 aliphatic carbocycles. The first kappa shape index (κ1) is 11.0. The molecule has 1 fully saturated rings. The van der Waals surface area contributed by atoms with Gasteiger partial charge in [0, 0.05) is 39.0 Å². The molecule has 0 amide bonds. The van der Waals surface area contributed by atoms with Crippen LogP contribution in [0.15, 0.2) is 0 Å². The van der Waals surface area contributed by atoms with Crippen LogP contribution < -0.4 is 0 Å². The Morgan fingerprint density at radius 2 is 1.43 bits per heavy atom. The second kappa shape index (κ2) is 6.37. The molecular weight excluding hydrogens is 176 g/mol. The Bertz CT molecular complexity index is 213. The minimum Gasteiger partial charge on any atom is -0.289 e. The lowest BCUT2D eigenvalue weighted by atomic mass is 10.2. The van der Waals surface area contributed by atoms with Crippen molar-refractivity contribution >= 4 is 0 Å².